The van der Waals surface area contributed by atoms with E-state index in [1.165, 1.54) is 16.7 Å². The summed E-state index contributed by atoms with van der Waals surface area (Å²) < 4.78 is 0. The van der Waals surface area contributed by atoms with Crippen molar-refractivity contribution in [2.45, 2.75) is 72.2 Å². The molecule has 0 fully saturated rings. The Morgan fingerprint density at radius 3 is 2.28 bits per heavy atom. The summed E-state index contributed by atoms with van der Waals surface area (Å²) in [4.78, 5) is 28.0. The summed E-state index contributed by atoms with van der Waals surface area (Å²) in [5.41, 5.74) is 5.91. The zero-order chi connectivity index (χ0) is 23.5. The molecule has 0 spiro atoms. The summed E-state index contributed by atoms with van der Waals surface area (Å²) in [5.74, 6) is 1.10. The molecule has 1 atom stereocenters. The molecule has 0 aliphatic rings. The quantitative estimate of drug-likeness (QED) is 0.427. The van der Waals surface area contributed by atoms with Crippen molar-refractivity contribution in [2.24, 2.45) is 0 Å². The molecule has 32 heavy (non-hydrogen) atoms. The standard InChI is InChI=1S/C27H38N2O2S/c1-6-8-12-28-27(31)25(7-2)29(17-23-11-9-10-20(3)14-23)26(30)19-32-18-24-15-21(4)13-22(5)16-24/h9-11,13-16,25H,6-8,12,17-19H2,1-5H3,(H,28,31)/t25-/m1/s1. The summed E-state index contributed by atoms with van der Waals surface area (Å²) in [6.07, 6.45) is 2.56. The third-order valence-corrected chi connectivity index (χ3v) is 6.42. The molecule has 174 valence electrons. The van der Waals surface area contributed by atoms with E-state index in [-0.39, 0.29) is 11.8 Å². The second kappa shape index (κ2) is 13.3. The number of carbonyl (C=O) groups is 2. The van der Waals surface area contributed by atoms with E-state index in [0.29, 0.717) is 25.3 Å². The Bertz CT molecular complexity index is 877. The Labute approximate surface area is 198 Å². The van der Waals surface area contributed by atoms with E-state index in [9.17, 15) is 9.59 Å². The Morgan fingerprint density at radius 2 is 1.66 bits per heavy atom. The number of aryl methyl sites for hydroxylation is 3. The van der Waals surface area contributed by atoms with E-state index in [1.54, 1.807) is 16.7 Å². The van der Waals surface area contributed by atoms with Crippen molar-refractivity contribution in [1.29, 1.82) is 0 Å². The highest BCUT2D eigenvalue weighted by Crippen LogP contribution is 2.19. The lowest BCUT2D eigenvalue weighted by Gasteiger charge is -2.30. The van der Waals surface area contributed by atoms with Crippen molar-refractivity contribution in [2.75, 3.05) is 12.3 Å². The summed E-state index contributed by atoms with van der Waals surface area (Å²) >= 11 is 1.61. The van der Waals surface area contributed by atoms with E-state index in [1.807, 2.05) is 32.0 Å². The molecule has 5 heteroatoms. The van der Waals surface area contributed by atoms with Gasteiger partial charge < -0.3 is 10.2 Å². The highest BCUT2D eigenvalue weighted by molar-refractivity contribution is 7.99. The number of nitrogens with zero attached hydrogens (tertiary/aromatic N) is 1. The molecule has 0 heterocycles. The fraction of sp³-hybridized carbons (Fsp3) is 0.481. The minimum atomic E-state index is -0.457. The van der Waals surface area contributed by atoms with Crippen LogP contribution in [-0.4, -0.2) is 35.1 Å². The smallest absolute Gasteiger partial charge is 0.242 e. The van der Waals surface area contributed by atoms with Gasteiger partial charge in [0, 0.05) is 18.8 Å². The maximum absolute atomic E-state index is 13.3. The maximum Gasteiger partial charge on any atom is 0.242 e. The van der Waals surface area contributed by atoms with Crippen LogP contribution in [-0.2, 0) is 21.9 Å². The molecule has 2 aromatic rings. The van der Waals surface area contributed by atoms with Crippen molar-refractivity contribution < 1.29 is 9.59 Å². The number of thioether (sulfide) groups is 1. The van der Waals surface area contributed by atoms with E-state index in [4.69, 9.17) is 0 Å². The molecule has 4 nitrogen and oxygen atoms in total. The lowest BCUT2D eigenvalue weighted by Crippen LogP contribution is -2.49. The van der Waals surface area contributed by atoms with Gasteiger partial charge >= 0.3 is 0 Å². The molecule has 0 aliphatic heterocycles. The molecule has 1 N–H and O–H groups in total. The predicted octanol–water partition coefficient (Wildman–Crippen LogP) is 5.57. The largest absolute Gasteiger partial charge is 0.354 e. The molecular weight excluding hydrogens is 416 g/mol. The summed E-state index contributed by atoms with van der Waals surface area (Å²) in [6, 6.07) is 14.2. The Balaban J connectivity index is 2.12. The van der Waals surface area contributed by atoms with Gasteiger partial charge in [0.05, 0.1) is 5.75 Å². The van der Waals surface area contributed by atoms with Crippen molar-refractivity contribution in [3.63, 3.8) is 0 Å². The monoisotopic (exact) mass is 454 g/mol. The van der Waals surface area contributed by atoms with Crippen LogP contribution in [0.25, 0.3) is 0 Å². The number of carbonyl (C=O) groups excluding carboxylic acids is 2. The lowest BCUT2D eigenvalue weighted by molar-refractivity contribution is -0.139. The molecule has 0 saturated carbocycles. The molecule has 0 radical (unpaired) electrons. The molecule has 0 saturated heterocycles. The zero-order valence-corrected chi connectivity index (χ0v) is 21.1. The number of hydrogen-bond acceptors (Lipinski definition) is 3. The van der Waals surface area contributed by atoms with Gasteiger partial charge in [0.2, 0.25) is 11.8 Å². The fourth-order valence-electron chi connectivity index (χ4n) is 3.92. The molecule has 0 unspecified atom stereocenters. The lowest BCUT2D eigenvalue weighted by atomic mass is 10.1. The first-order valence-electron chi connectivity index (χ1n) is 11.6. The van der Waals surface area contributed by atoms with E-state index in [2.05, 4.69) is 50.4 Å². The minimum Gasteiger partial charge on any atom is -0.354 e. The maximum atomic E-state index is 13.3. The Morgan fingerprint density at radius 1 is 0.969 bits per heavy atom. The molecule has 0 aliphatic carbocycles. The van der Waals surface area contributed by atoms with Gasteiger partial charge in [-0.2, -0.15) is 0 Å². The van der Waals surface area contributed by atoms with Crippen LogP contribution < -0.4 is 5.32 Å². The second-order valence-corrected chi connectivity index (χ2v) is 9.55. The second-order valence-electron chi connectivity index (χ2n) is 8.57. The SMILES string of the molecule is CCCCNC(=O)[C@@H](CC)N(Cc1cccc(C)c1)C(=O)CSCc1cc(C)cc(C)c1. The van der Waals surface area contributed by atoms with Crippen LogP contribution >= 0.6 is 11.8 Å². The van der Waals surface area contributed by atoms with Crippen molar-refractivity contribution in [3.05, 3.63) is 70.3 Å². The first kappa shape index (κ1) is 26.0. The van der Waals surface area contributed by atoms with Gasteiger partial charge in [-0.25, -0.2) is 0 Å². The highest BCUT2D eigenvalue weighted by Gasteiger charge is 2.28. The zero-order valence-electron chi connectivity index (χ0n) is 20.2. The van der Waals surface area contributed by atoms with Gasteiger partial charge in [0.15, 0.2) is 0 Å². The van der Waals surface area contributed by atoms with Gasteiger partial charge in [-0.1, -0.05) is 79.4 Å². The number of hydrogen-bond donors (Lipinski definition) is 1. The third kappa shape index (κ3) is 8.34. The van der Waals surface area contributed by atoms with E-state index >= 15 is 0 Å². The summed E-state index contributed by atoms with van der Waals surface area (Å²) in [5, 5.41) is 3.02. The normalized spacial score (nSPS) is 11.8. The van der Waals surface area contributed by atoms with Crippen LogP contribution in [0.1, 0.15) is 60.9 Å². The van der Waals surface area contributed by atoms with Crippen LogP contribution in [0.5, 0.6) is 0 Å². The third-order valence-electron chi connectivity index (χ3n) is 5.43. The van der Waals surface area contributed by atoms with Crippen LogP contribution in [0.3, 0.4) is 0 Å². The average Bonchev–Trinajstić information content (AvgIpc) is 2.73. The van der Waals surface area contributed by atoms with Crippen molar-refractivity contribution in [3.8, 4) is 0 Å². The molecule has 2 aromatic carbocycles. The van der Waals surface area contributed by atoms with Crippen LogP contribution in [0, 0.1) is 20.8 Å². The fourth-order valence-corrected chi connectivity index (χ4v) is 4.77. The number of unbranched alkanes of at least 4 members (excludes halogenated alkanes) is 1. The van der Waals surface area contributed by atoms with Crippen LogP contribution in [0.2, 0.25) is 0 Å². The first-order chi connectivity index (χ1) is 15.3. The van der Waals surface area contributed by atoms with Crippen molar-refractivity contribution >= 4 is 23.6 Å². The summed E-state index contributed by atoms with van der Waals surface area (Å²) in [6.45, 7) is 11.4. The highest BCUT2D eigenvalue weighted by atomic mass is 32.2. The molecule has 2 rings (SSSR count). The topological polar surface area (TPSA) is 49.4 Å². The van der Waals surface area contributed by atoms with Gasteiger partial charge in [-0.15, -0.1) is 11.8 Å². The molecule has 2 amide bonds. The predicted molar refractivity (Wildman–Crippen MR) is 136 cm³/mol. The average molecular weight is 455 g/mol. The van der Waals surface area contributed by atoms with Gasteiger partial charge in [0.25, 0.3) is 0 Å². The van der Waals surface area contributed by atoms with Gasteiger partial charge in [0.1, 0.15) is 6.04 Å². The number of rotatable bonds is 12. The van der Waals surface area contributed by atoms with Crippen LogP contribution in [0.15, 0.2) is 42.5 Å². The first-order valence-corrected chi connectivity index (χ1v) is 12.8. The van der Waals surface area contributed by atoms with Crippen LogP contribution in [0.4, 0.5) is 0 Å². The van der Waals surface area contributed by atoms with Crippen molar-refractivity contribution in [1.82, 2.24) is 10.2 Å². The molecular formula is C27H38N2O2S. The Hall–Kier alpha value is -2.27. The Kier molecular flexibility index (Phi) is 10.8. The minimum absolute atomic E-state index is 0.0124. The number of benzene rings is 2. The number of nitrogens with one attached hydrogen (secondary N) is 1. The van der Waals surface area contributed by atoms with E-state index < -0.39 is 6.04 Å². The number of amides is 2. The van der Waals surface area contributed by atoms with Gasteiger partial charge in [-0.3, -0.25) is 9.59 Å². The molecule has 0 aromatic heterocycles. The summed E-state index contributed by atoms with van der Waals surface area (Å²) in [7, 11) is 0. The van der Waals surface area contributed by atoms with Gasteiger partial charge in [-0.05, 0) is 44.7 Å². The molecule has 0 bridgehead atoms. The van der Waals surface area contributed by atoms with E-state index in [0.717, 1.165) is 29.7 Å².